The van der Waals surface area contributed by atoms with Crippen LogP contribution in [-0.2, 0) is 5.92 Å². The summed E-state index contributed by atoms with van der Waals surface area (Å²) in [7, 11) is 0. The molecule has 1 aromatic rings. The van der Waals surface area contributed by atoms with Crippen molar-refractivity contribution in [1.82, 2.24) is 0 Å². The van der Waals surface area contributed by atoms with Crippen LogP contribution >= 0.6 is 0 Å². The predicted molar refractivity (Wildman–Crippen MR) is 88.5 cm³/mol. The van der Waals surface area contributed by atoms with E-state index in [4.69, 9.17) is 5.73 Å². The molecular formula is C18H18F13N. The van der Waals surface area contributed by atoms with Crippen LogP contribution in [0.5, 0.6) is 0 Å². The van der Waals surface area contributed by atoms with Crippen molar-refractivity contribution < 1.29 is 57.1 Å². The Balaban J connectivity index is 3.62. The molecule has 0 aliphatic rings. The third-order valence-corrected chi connectivity index (χ3v) is 4.74. The van der Waals surface area contributed by atoms with Crippen molar-refractivity contribution in [3.8, 4) is 0 Å². The number of anilines is 1. The monoisotopic (exact) mass is 495 g/mol. The van der Waals surface area contributed by atoms with Crippen molar-refractivity contribution in [1.29, 1.82) is 0 Å². The minimum atomic E-state index is -7.92. The second-order valence-electron chi connectivity index (χ2n) is 7.74. The van der Waals surface area contributed by atoms with Gasteiger partial charge in [-0.15, -0.1) is 0 Å². The lowest BCUT2D eigenvalue weighted by molar-refractivity contribution is -0.441. The number of rotatable bonds is 8. The molecule has 0 saturated heterocycles. The lowest BCUT2D eigenvalue weighted by Gasteiger charge is -2.40. The highest BCUT2D eigenvalue weighted by Gasteiger charge is 2.90. The Bertz CT molecular complexity index is 812. The first-order valence-corrected chi connectivity index (χ1v) is 8.82. The van der Waals surface area contributed by atoms with Gasteiger partial charge in [-0.25, -0.2) is 0 Å². The molecule has 0 spiro atoms. The molecule has 1 rings (SSSR count). The standard InChI is InChI=1S/C18H18F13N/c1-8(2)6-9(3)11-7-10(4-5-12(11)32)13(19,20)14(21,22)15(23,24)16(25,26)17(27,28)18(29,30)31/h4-5,7-9H,6,32H2,1-3H3. The highest BCUT2D eigenvalue weighted by atomic mass is 19.4. The zero-order valence-corrected chi connectivity index (χ0v) is 16.6. The summed E-state index contributed by atoms with van der Waals surface area (Å²) in [5, 5.41) is 0. The van der Waals surface area contributed by atoms with Gasteiger partial charge in [-0.2, -0.15) is 57.1 Å². The summed E-state index contributed by atoms with van der Waals surface area (Å²) >= 11 is 0. The Morgan fingerprint density at radius 1 is 0.688 bits per heavy atom. The molecule has 186 valence electrons. The second-order valence-corrected chi connectivity index (χ2v) is 7.74. The van der Waals surface area contributed by atoms with Gasteiger partial charge >= 0.3 is 35.8 Å². The second kappa shape index (κ2) is 8.15. The van der Waals surface area contributed by atoms with Crippen molar-refractivity contribution >= 4 is 5.69 Å². The van der Waals surface area contributed by atoms with Crippen LogP contribution < -0.4 is 5.73 Å². The first-order chi connectivity index (χ1) is 14.0. The summed E-state index contributed by atoms with van der Waals surface area (Å²) in [4.78, 5) is 0. The van der Waals surface area contributed by atoms with Crippen LogP contribution in [0, 0.1) is 5.92 Å². The smallest absolute Gasteiger partial charge is 0.398 e. The topological polar surface area (TPSA) is 26.0 Å². The van der Waals surface area contributed by atoms with Gasteiger partial charge in [0.2, 0.25) is 0 Å². The van der Waals surface area contributed by atoms with Gasteiger partial charge in [-0.3, -0.25) is 0 Å². The summed E-state index contributed by atoms with van der Waals surface area (Å²) in [5.41, 5.74) is 3.02. The lowest BCUT2D eigenvalue weighted by atomic mass is 9.86. The van der Waals surface area contributed by atoms with E-state index >= 15 is 0 Å². The van der Waals surface area contributed by atoms with Crippen LogP contribution in [0.3, 0.4) is 0 Å². The number of hydrogen-bond acceptors (Lipinski definition) is 1. The third-order valence-electron chi connectivity index (χ3n) is 4.74. The van der Waals surface area contributed by atoms with E-state index < -0.39 is 47.3 Å². The highest BCUT2D eigenvalue weighted by Crippen LogP contribution is 2.62. The van der Waals surface area contributed by atoms with Gasteiger partial charge in [0.05, 0.1) is 0 Å². The lowest BCUT2D eigenvalue weighted by Crippen LogP contribution is -2.69. The van der Waals surface area contributed by atoms with Gasteiger partial charge in [0.15, 0.2) is 0 Å². The molecule has 0 saturated carbocycles. The number of hydrogen-bond donors (Lipinski definition) is 1. The van der Waals surface area contributed by atoms with Crippen LogP contribution in [0.1, 0.15) is 44.2 Å². The molecule has 0 amide bonds. The number of halogens is 13. The molecule has 0 aliphatic heterocycles. The Kier molecular flexibility index (Phi) is 7.17. The average Bonchev–Trinajstić information content (AvgIpc) is 2.59. The summed E-state index contributed by atoms with van der Waals surface area (Å²) in [6.07, 6.45) is -7.20. The fourth-order valence-corrected chi connectivity index (χ4v) is 2.98. The first-order valence-electron chi connectivity index (χ1n) is 8.82. The zero-order valence-electron chi connectivity index (χ0n) is 16.6. The average molecular weight is 495 g/mol. The maximum atomic E-state index is 14.4. The van der Waals surface area contributed by atoms with Crippen molar-refractivity contribution in [2.45, 2.75) is 68.9 Å². The molecule has 0 bridgehead atoms. The fraction of sp³-hybridized carbons (Fsp3) is 0.667. The van der Waals surface area contributed by atoms with Gasteiger partial charge in [0.25, 0.3) is 0 Å². The van der Waals surface area contributed by atoms with E-state index in [-0.39, 0.29) is 35.7 Å². The summed E-state index contributed by atoms with van der Waals surface area (Å²) < 4.78 is 173. The molecule has 0 fully saturated rings. The van der Waals surface area contributed by atoms with Gasteiger partial charge < -0.3 is 5.73 Å². The quantitative estimate of drug-likeness (QED) is 0.292. The zero-order chi connectivity index (χ0) is 25.7. The molecule has 1 atom stereocenters. The first kappa shape index (κ1) is 28.1. The van der Waals surface area contributed by atoms with Gasteiger partial charge in [0, 0.05) is 11.3 Å². The van der Waals surface area contributed by atoms with E-state index in [1.54, 1.807) is 13.8 Å². The minimum absolute atomic E-state index is 0.0605. The molecular weight excluding hydrogens is 477 g/mol. The van der Waals surface area contributed by atoms with Crippen molar-refractivity contribution in [2.75, 3.05) is 5.73 Å². The Hall–Kier alpha value is -1.89. The van der Waals surface area contributed by atoms with E-state index in [1.807, 2.05) is 0 Å². The van der Waals surface area contributed by atoms with Crippen molar-refractivity contribution in [3.63, 3.8) is 0 Å². The van der Waals surface area contributed by atoms with E-state index in [2.05, 4.69) is 0 Å². The third kappa shape index (κ3) is 4.20. The van der Waals surface area contributed by atoms with Crippen LogP contribution in [0.25, 0.3) is 0 Å². The van der Waals surface area contributed by atoms with Gasteiger partial charge in [0.1, 0.15) is 0 Å². The molecule has 1 nitrogen and oxygen atoms in total. The van der Waals surface area contributed by atoms with Crippen LogP contribution in [0.4, 0.5) is 62.8 Å². The fourth-order valence-electron chi connectivity index (χ4n) is 2.98. The molecule has 0 heterocycles. The van der Waals surface area contributed by atoms with Crippen LogP contribution in [0.15, 0.2) is 18.2 Å². The number of nitrogens with two attached hydrogens (primary N) is 1. The molecule has 14 heteroatoms. The number of alkyl halides is 13. The molecule has 0 aliphatic carbocycles. The van der Waals surface area contributed by atoms with Crippen LogP contribution in [-0.4, -0.2) is 29.9 Å². The molecule has 2 N–H and O–H groups in total. The maximum absolute atomic E-state index is 14.4. The van der Waals surface area contributed by atoms with E-state index in [0.29, 0.717) is 6.07 Å². The minimum Gasteiger partial charge on any atom is -0.398 e. The molecule has 1 aromatic carbocycles. The van der Waals surface area contributed by atoms with Gasteiger partial charge in [-0.1, -0.05) is 26.8 Å². The SMILES string of the molecule is CC(C)CC(C)c1cc(C(F)(F)C(F)(F)C(F)(F)C(F)(F)C(F)(F)C(F)(F)F)ccc1N. The van der Waals surface area contributed by atoms with Crippen molar-refractivity contribution in [3.05, 3.63) is 29.3 Å². The predicted octanol–water partition coefficient (Wildman–Crippen LogP) is 7.61. The van der Waals surface area contributed by atoms with E-state index in [9.17, 15) is 57.1 Å². The largest absolute Gasteiger partial charge is 0.460 e. The Morgan fingerprint density at radius 3 is 1.53 bits per heavy atom. The Morgan fingerprint density at radius 2 is 1.12 bits per heavy atom. The van der Waals surface area contributed by atoms with Crippen LogP contribution in [0.2, 0.25) is 0 Å². The normalized spacial score (nSPS) is 15.9. The summed E-state index contributed by atoms with van der Waals surface area (Å²) in [6, 6.07) is 0.837. The summed E-state index contributed by atoms with van der Waals surface area (Å²) in [6.45, 7) is 4.77. The molecule has 0 radical (unpaired) electrons. The van der Waals surface area contributed by atoms with Crippen molar-refractivity contribution in [2.24, 2.45) is 5.92 Å². The number of benzene rings is 1. The molecule has 0 aromatic heterocycles. The summed E-state index contributed by atoms with van der Waals surface area (Å²) in [5.74, 6) is -37.9. The molecule has 1 unspecified atom stereocenters. The van der Waals surface area contributed by atoms with E-state index in [0.717, 1.165) is 0 Å². The molecule has 32 heavy (non-hydrogen) atoms. The Labute approximate surface area is 173 Å². The van der Waals surface area contributed by atoms with E-state index in [1.165, 1.54) is 6.92 Å². The maximum Gasteiger partial charge on any atom is 0.460 e. The number of nitrogen functional groups attached to an aromatic ring is 1. The van der Waals surface area contributed by atoms with Gasteiger partial charge in [-0.05, 0) is 36.0 Å². The highest BCUT2D eigenvalue weighted by molar-refractivity contribution is 5.51.